The number of hydrogen-bond acceptors (Lipinski definition) is 2. The largest absolute Gasteiger partial charge is 0.397 e. The van der Waals surface area contributed by atoms with Crippen molar-refractivity contribution in [3.8, 4) is 0 Å². The molecule has 0 atom stereocenters. The normalized spacial score (nSPS) is 10.3. The maximum Gasteiger partial charge on any atom is 0.255 e. The van der Waals surface area contributed by atoms with Crippen molar-refractivity contribution < 1.29 is 4.79 Å². The minimum Gasteiger partial charge on any atom is -0.397 e. The molecule has 0 aromatic heterocycles. The molecule has 3 N–H and O–H groups in total. The third-order valence-corrected chi connectivity index (χ3v) is 3.48. The Kier molecular flexibility index (Phi) is 4.34. The van der Waals surface area contributed by atoms with Crippen LogP contribution in [-0.4, -0.2) is 5.91 Å². The van der Waals surface area contributed by atoms with E-state index in [1.807, 2.05) is 0 Å². The number of halogens is 3. The van der Waals surface area contributed by atoms with Crippen molar-refractivity contribution in [2.75, 3.05) is 11.1 Å². The van der Waals surface area contributed by atoms with Gasteiger partial charge in [-0.3, -0.25) is 4.79 Å². The van der Waals surface area contributed by atoms with E-state index < -0.39 is 0 Å². The number of hydrogen-bond donors (Lipinski definition) is 2. The van der Waals surface area contributed by atoms with Crippen LogP contribution in [0, 0.1) is 0 Å². The fourth-order valence-electron chi connectivity index (χ4n) is 1.51. The van der Waals surface area contributed by atoms with Crippen molar-refractivity contribution in [1.82, 2.24) is 0 Å². The van der Waals surface area contributed by atoms with Crippen molar-refractivity contribution in [3.05, 3.63) is 56.5 Å². The van der Waals surface area contributed by atoms with Crippen LogP contribution in [0.1, 0.15) is 10.4 Å². The van der Waals surface area contributed by atoms with Gasteiger partial charge in [0.2, 0.25) is 0 Å². The van der Waals surface area contributed by atoms with Gasteiger partial charge in [0, 0.05) is 15.1 Å². The highest BCUT2D eigenvalue weighted by atomic mass is 79.9. The van der Waals surface area contributed by atoms with E-state index in [0.717, 1.165) is 4.47 Å². The molecule has 0 spiro atoms. The fourth-order valence-corrected chi connectivity index (χ4v) is 2.33. The van der Waals surface area contributed by atoms with Gasteiger partial charge in [0.15, 0.2) is 0 Å². The van der Waals surface area contributed by atoms with Gasteiger partial charge in [-0.25, -0.2) is 0 Å². The molecule has 0 fully saturated rings. The van der Waals surface area contributed by atoms with E-state index >= 15 is 0 Å². The van der Waals surface area contributed by atoms with E-state index in [9.17, 15) is 4.79 Å². The zero-order valence-corrected chi connectivity index (χ0v) is 12.7. The Balaban J connectivity index is 2.26. The number of nitrogen functional groups attached to an aromatic ring is 1. The van der Waals surface area contributed by atoms with Gasteiger partial charge >= 0.3 is 0 Å². The van der Waals surface area contributed by atoms with Crippen molar-refractivity contribution in [1.29, 1.82) is 0 Å². The van der Waals surface area contributed by atoms with Gasteiger partial charge in [-0.1, -0.05) is 39.1 Å². The Morgan fingerprint density at radius 2 is 1.79 bits per heavy atom. The summed E-state index contributed by atoms with van der Waals surface area (Å²) in [5.41, 5.74) is 6.97. The maximum absolute atomic E-state index is 12.0. The molecule has 0 aliphatic rings. The Labute approximate surface area is 128 Å². The first-order valence-corrected chi connectivity index (χ1v) is 6.83. The summed E-state index contributed by atoms with van der Waals surface area (Å²) in [6, 6.07) is 10.0. The van der Waals surface area contributed by atoms with Crippen LogP contribution in [0.25, 0.3) is 0 Å². The van der Waals surface area contributed by atoms with Gasteiger partial charge in [0.1, 0.15) is 0 Å². The van der Waals surface area contributed by atoms with Crippen LogP contribution in [0.4, 0.5) is 11.4 Å². The van der Waals surface area contributed by atoms with E-state index in [-0.39, 0.29) is 5.91 Å². The Bertz CT molecular complexity index is 606. The number of nitrogens with one attached hydrogen (secondary N) is 1. The van der Waals surface area contributed by atoms with E-state index in [1.165, 1.54) is 12.1 Å². The molecule has 0 radical (unpaired) electrons. The van der Waals surface area contributed by atoms with Gasteiger partial charge < -0.3 is 11.1 Å². The molecule has 3 nitrogen and oxygen atoms in total. The summed E-state index contributed by atoms with van der Waals surface area (Å²) in [7, 11) is 0. The highest BCUT2D eigenvalue weighted by Gasteiger charge is 2.12. The highest BCUT2D eigenvalue weighted by molar-refractivity contribution is 9.10. The van der Waals surface area contributed by atoms with E-state index in [0.29, 0.717) is 27.0 Å². The standard InChI is InChI=1S/C13H9BrCl2N2O/c14-8-3-1-7(2-4-8)13(19)18-12-10(16)5-9(15)6-11(12)17/h1-6H,17H2,(H,18,19). The lowest BCUT2D eigenvalue weighted by Crippen LogP contribution is -2.13. The van der Waals surface area contributed by atoms with Crippen molar-refractivity contribution >= 4 is 56.4 Å². The number of rotatable bonds is 2. The van der Waals surface area contributed by atoms with Crippen LogP contribution < -0.4 is 11.1 Å². The molecular formula is C13H9BrCl2N2O. The van der Waals surface area contributed by atoms with Gasteiger partial charge in [-0.15, -0.1) is 0 Å². The number of benzene rings is 2. The third kappa shape index (κ3) is 3.41. The average Bonchev–Trinajstić information content (AvgIpc) is 2.34. The predicted molar refractivity (Wildman–Crippen MR) is 83.0 cm³/mol. The zero-order valence-electron chi connectivity index (χ0n) is 9.58. The lowest BCUT2D eigenvalue weighted by atomic mass is 10.2. The molecule has 0 bridgehead atoms. The van der Waals surface area contributed by atoms with Crippen molar-refractivity contribution in [3.63, 3.8) is 0 Å². The number of anilines is 2. The van der Waals surface area contributed by atoms with Crippen LogP contribution in [0.3, 0.4) is 0 Å². The Morgan fingerprint density at radius 3 is 2.37 bits per heavy atom. The quantitative estimate of drug-likeness (QED) is 0.770. The summed E-state index contributed by atoms with van der Waals surface area (Å²) in [6.45, 7) is 0. The SMILES string of the molecule is Nc1cc(Cl)cc(Cl)c1NC(=O)c1ccc(Br)cc1. The molecule has 98 valence electrons. The van der Waals surface area contributed by atoms with Gasteiger partial charge in [-0.05, 0) is 36.4 Å². The second-order valence-corrected chi connectivity index (χ2v) is 5.57. The lowest BCUT2D eigenvalue weighted by Gasteiger charge is -2.10. The number of carbonyl (C=O) groups excluding carboxylic acids is 1. The summed E-state index contributed by atoms with van der Waals surface area (Å²) in [6.07, 6.45) is 0. The van der Waals surface area contributed by atoms with E-state index in [1.54, 1.807) is 24.3 Å². The molecule has 1 amide bonds. The molecule has 0 aliphatic heterocycles. The van der Waals surface area contributed by atoms with Crippen molar-refractivity contribution in [2.45, 2.75) is 0 Å². The number of carbonyl (C=O) groups is 1. The molecule has 0 saturated heterocycles. The molecule has 6 heteroatoms. The topological polar surface area (TPSA) is 55.1 Å². The lowest BCUT2D eigenvalue weighted by molar-refractivity contribution is 0.102. The first kappa shape index (κ1) is 14.2. The first-order valence-electron chi connectivity index (χ1n) is 5.29. The van der Waals surface area contributed by atoms with Crippen LogP contribution >= 0.6 is 39.1 Å². The summed E-state index contributed by atoms with van der Waals surface area (Å²) < 4.78 is 0.896. The van der Waals surface area contributed by atoms with E-state index in [4.69, 9.17) is 28.9 Å². The fraction of sp³-hybridized carbons (Fsp3) is 0. The Morgan fingerprint density at radius 1 is 1.16 bits per heavy atom. The molecule has 2 aromatic carbocycles. The average molecular weight is 360 g/mol. The Hall–Kier alpha value is -1.23. The molecule has 0 unspecified atom stereocenters. The minimum atomic E-state index is -0.288. The van der Waals surface area contributed by atoms with Gasteiger partial charge in [0.25, 0.3) is 5.91 Å². The van der Waals surface area contributed by atoms with Crippen LogP contribution in [0.5, 0.6) is 0 Å². The van der Waals surface area contributed by atoms with E-state index in [2.05, 4.69) is 21.2 Å². The number of nitrogens with two attached hydrogens (primary N) is 1. The molecule has 2 aromatic rings. The highest BCUT2D eigenvalue weighted by Crippen LogP contribution is 2.32. The number of amides is 1. The third-order valence-electron chi connectivity index (χ3n) is 2.43. The second-order valence-electron chi connectivity index (χ2n) is 3.81. The van der Waals surface area contributed by atoms with Crippen LogP contribution in [0.2, 0.25) is 10.0 Å². The monoisotopic (exact) mass is 358 g/mol. The summed E-state index contributed by atoms with van der Waals surface area (Å²) in [4.78, 5) is 12.0. The molecule has 19 heavy (non-hydrogen) atoms. The first-order chi connectivity index (χ1) is 8.97. The van der Waals surface area contributed by atoms with Crippen molar-refractivity contribution in [2.24, 2.45) is 0 Å². The molecule has 0 aliphatic carbocycles. The van der Waals surface area contributed by atoms with Gasteiger partial charge in [-0.2, -0.15) is 0 Å². The minimum absolute atomic E-state index is 0.288. The molecule has 0 heterocycles. The summed E-state index contributed by atoms with van der Waals surface area (Å²) >= 11 is 15.1. The molecule has 2 rings (SSSR count). The van der Waals surface area contributed by atoms with Gasteiger partial charge in [0.05, 0.1) is 16.4 Å². The predicted octanol–water partition coefficient (Wildman–Crippen LogP) is 4.59. The van der Waals surface area contributed by atoms with Crippen LogP contribution in [0.15, 0.2) is 40.9 Å². The summed E-state index contributed by atoms with van der Waals surface area (Å²) in [5.74, 6) is -0.288. The molecule has 0 saturated carbocycles. The van der Waals surface area contributed by atoms with Crippen LogP contribution in [-0.2, 0) is 0 Å². The summed E-state index contributed by atoms with van der Waals surface area (Å²) in [5, 5.41) is 3.39. The maximum atomic E-state index is 12.0. The smallest absolute Gasteiger partial charge is 0.255 e. The molecular weight excluding hydrogens is 351 g/mol. The second kappa shape index (κ2) is 5.82. The zero-order chi connectivity index (χ0) is 14.0.